The number of benzene rings is 1. The number of hydrogen-bond donors (Lipinski definition) is 2. The molecule has 2 aliphatic rings. The lowest BCUT2D eigenvalue weighted by Gasteiger charge is -2.23. The largest absolute Gasteiger partial charge is 0.495 e. The Bertz CT molecular complexity index is 1290. The van der Waals surface area contributed by atoms with Crippen LogP contribution in [-0.4, -0.2) is 47.2 Å². The number of rotatable bonds is 6. The molecule has 0 unspecified atom stereocenters. The third kappa shape index (κ3) is 5.01. The summed E-state index contributed by atoms with van der Waals surface area (Å²) in [6.07, 6.45) is 7.24. The van der Waals surface area contributed by atoms with Gasteiger partial charge in [-0.25, -0.2) is 9.97 Å². The second-order valence-electron chi connectivity index (χ2n) is 9.89. The van der Waals surface area contributed by atoms with E-state index in [4.69, 9.17) is 26.1 Å². The number of hydrogen-bond acceptors (Lipinski definition) is 7. The number of halogens is 1. The maximum Gasteiger partial charge on any atom is 0.253 e. The smallest absolute Gasteiger partial charge is 0.253 e. The van der Waals surface area contributed by atoms with Crippen LogP contribution in [0.5, 0.6) is 5.75 Å². The number of nitrogens with one attached hydrogen (secondary N) is 2. The summed E-state index contributed by atoms with van der Waals surface area (Å²) in [7, 11) is 1.55. The van der Waals surface area contributed by atoms with Crippen molar-refractivity contribution >= 4 is 29.1 Å². The van der Waals surface area contributed by atoms with Crippen molar-refractivity contribution < 1.29 is 14.3 Å². The highest BCUT2D eigenvalue weighted by Gasteiger charge is 2.31. The van der Waals surface area contributed by atoms with Gasteiger partial charge in [0.05, 0.1) is 29.1 Å². The summed E-state index contributed by atoms with van der Waals surface area (Å²) in [6, 6.07) is 7.42. The molecule has 1 fully saturated rings. The van der Waals surface area contributed by atoms with Gasteiger partial charge in [-0.1, -0.05) is 25.4 Å². The van der Waals surface area contributed by atoms with Gasteiger partial charge in [0.15, 0.2) is 0 Å². The Kier molecular flexibility index (Phi) is 6.81. The number of carbonyl (C=O) groups is 1. The van der Waals surface area contributed by atoms with Crippen LogP contribution in [0.1, 0.15) is 54.7 Å². The molecule has 0 bridgehead atoms. The molecule has 5 rings (SSSR count). The number of aryl methyl sites for hydroxylation is 1. The quantitative estimate of drug-likeness (QED) is 0.480. The molecule has 1 aliphatic heterocycles. The summed E-state index contributed by atoms with van der Waals surface area (Å²) in [6.45, 7) is 5.79. The van der Waals surface area contributed by atoms with Crippen molar-refractivity contribution in [3.05, 3.63) is 58.5 Å². The molecule has 2 N–H and O–H groups in total. The number of nitrogens with zero attached hydrogens (tertiary/aromatic N) is 3. The molecule has 3 heterocycles. The molecule has 1 amide bonds. The molecule has 3 aromatic rings. The van der Waals surface area contributed by atoms with Gasteiger partial charge in [-0.05, 0) is 60.9 Å². The van der Waals surface area contributed by atoms with Gasteiger partial charge < -0.3 is 20.1 Å². The molecular formula is C27H30ClN5O3. The van der Waals surface area contributed by atoms with Crippen LogP contribution in [-0.2, 0) is 16.6 Å². The number of amides is 1. The van der Waals surface area contributed by atoms with E-state index in [0.29, 0.717) is 41.2 Å². The van der Waals surface area contributed by atoms with E-state index in [2.05, 4.69) is 40.5 Å². The average molecular weight is 508 g/mol. The first-order chi connectivity index (χ1) is 17.3. The summed E-state index contributed by atoms with van der Waals surface area (Å²) in [5, 5.41) is 6.54. The SMILES string of the molecule is COc1cc(C(=O)NC2CCOCC2)c(Cl)cc1Nc1nccc(-c2cnc3c(c2)C(C)(C)CC3)n1. The van der Waals surface area contributed by atoms with Gasteiger partial charge in [-0.2, -0.15) is 0 Å². The number of anilines is 2. The Morgan fingerprint density at radius 3 is 2.78 bits per heavy atom. The maximum atomic E-state index is 12.9. The van der Waals surface area contributed by atoms with Crippen molar-refractivity contribution in [3.63, 3.8) is 0 Å². The lowest BCUT2D eigenvalue weighted by molar-refractivity contribution is 0.0696. The number of pyridine rings is 1. The minimum atomic E-state index is -0.234. The third-order valence-corrected chi connectivity index (χ3v) is 7.29. The van der Waals surface area contributed by atoms with E-state index in [9.17, 15) is 4.79 Å². The maximum absolute atomic E-state index is 12.9. The van der Waals surface area contributed by atoms with Crippen LogP contribution < -0.4 is 15.4 Å². The average Bonchev–Trinajstić information content (AvgIpc) is 3.18. The number of aromatic nitrogens is 3. The Morgan fingerprint density at radius 1 is 1.19 bits per heavy atom. The van der Waals surface area contributed by atoms with Crippen LogP contribution in [0.25, 0.3) is 11.3 Å². The topological polar surface area (TPSA) is 98.3 Å². The first-order valence-electron chi connectivity index (χ1n) is 12.2. The van der Waals surface area contributed by atoms with Crippen molar-refractivity contribution in [1.29, 1.82) is 0 Å². The van der Waals surface area contributed by atoms with Crippen LogP contribution in [0.3, 0.4) is 0 Å². The zero-order chi connectivity index (χ0) is 25.3. The molecule has 1 aromatic carbocycles. The third-order valence-electron chi connectivity index (χ3n) is 6.97. The van der Waals surface area contributed by atoms with Gasteiger partial charge in [0.1, 0.15) is 5.75 Å². The molecular weight excluding hydrogens is 478 g/mol. The number of methoxy groups -OCH3 is 1. The van der Waals surface area contributed by atoms with Crippen molar-refractivity contribution in [1.82, 2.24) is 20.3 Å². The molecule has 1 saturated heterocycles. The van der Waals surface area contributed by atoms with Gasteiger partial charge >= 0.3 is 0 Å². The summed E-state index contributed by atoms with van der Waals surface area (Å²) in [5.74, 6) is 0.620. The summed E-state index contributed by atoms with van der Waals surface area (Å²) < 4.78 is 10.9. The minimum absolute atomic E-state index is 0.0709. The highest BCUT2D eigenvalue weighted by Crippen LogP contribution is 2.39. The van der Waals surface area contributed by atoms with Crippen LogP contribution in [0.15, 0.2) is 36.7 Å². The number of carbonyl (C=O) groups excluding carboxylic acids is 1. The Morgan fingerprint density at radius 2 is 2.00 bits per heavy atom. The van der Waals surface area contributed by atoms with Gasteiger partial charge in [-0.15, -0.1) is 0 Å². The van der Waals surface area contributed by atoms with Gasteiger partial charge in [0.2, 0.25) is 5.95 Å². The first-order valence-corrected chi connectivity index (χ1v) is 12.6. The highest BCUT2D eigenvalue weighted by atomic mass is 35.5. The second-order valence-corrected chi connectivity index (χ2v) is 10.3. The normalized spacial score (nSPS) is 16.9. The Hall–Kier alpha value is -3.23. The molecule has 2 aromatic heterocycles. The summed E-state index contributed by atoms with van der Waals surface area (Å²) >= 11 is 6.51. The van der Waals surface area contributed by atoms with Crippen molar-refractivity contribution in [3.8, 4) is 17.0 Å². The second kappa shape index (κ2) is 10.0. The van der Waals surface area contributed by atoms with Crippen molar-refractivity contribution in [2.75, 3.05) is 25.6 Å². The molecule has 1 aliphatic carbocycles. The molecule has 0 saturated carbocycles. The fourth-order valence-electron chi connectivity index (χ4n) is 4.78. The van der Waals surface area contributed by atoms with E-state index < -0.39 is 0 Å². The van der Waals surface area contributed by atoms with Gasteiger partial charge in [0.25, 0.3) is 5.91 Å². The first kappa shape index (κ1) is 24.5. The standard InChI is InChI=1S/C27H30ClN5O3/c1-27(2)8-4-22-19(27)12-16(15-30-22)21-5-9-29-26(32-21)33-23-14-20(28)18(13-24(23)35-3)25(34)31-17-6-10-36-11-7-17/h5,9,12-15,17H,4,6-8,10-11H2,1-3H3,(H,31,34)(H,29,32,33). The zero-order valence-corrected chi connectivity index (χ0v) is 21.5. The number of fused-ring (bicyclic) bond motifs is 1. The van der Waals surface area contributed by atoms with Crippen LogP contribution in [0.4, 0.5) is 11.6 Å². The molecule has 9 heteroatoms. The van der Waals surface area contributed by atoms with E-state index in [1.165, 1.54) is 5.56 Å². The van der Waals surface area contributed by atoms with Gasteiger partial charge in [0, 0.05) is 42.9 Å². The Labute approximate surface area is 215 Å². The van der Waals surface area contributed by atoms with Crippen molar-refractivity contribution in [2.24, 2.45) is 0 Å². The summed E-state index contributed by atoms with van der Waals surface area (Å²) in [5.41, 5.74) is 5.17. The van der Waals surface area contributed by atoms with E-state index in [-0.39, 0.29) is 17.4 Å². The monoisotopic (exact) mass is 507 g/mol. The van der Waals surface area contributed by atoms with E-state index in [1.807, 2.05) is 12.3 Å². The lowest BCUT2D eigenvalue weighted by atomic mass is 9.86. The molecule has 0 spiro atoms. The molecule has 188 valence electrons. The van der Waals surface area contributed by atoms with Crippen molar-refractivity contribution in [2.45, 2.75) is 51.0 Å². The fraction of sp³-hybridized carbons (Fsp3) is 0.407. The van der Waals surface area contributed by atoms with E-state index in [0.717, 1.165) is 42.6 Å². The Balaban J connectivity index is 1.38. The van der Waals surface area contributed by atoms with Crippen LogP contribution in [0.2, 0.25) is 5.02 Å². The molecule has 36 heavy (non-hydrogen) atoms. The summed E-state index contributed by atoms with van der Waals surface area (Å²) in [4.78, 5) is 26.6. The highest BCUT2D eigenvalue weighted by molar-refractivity contribution is 6.34. The van der Waals surface area contributed by atoms with E-state index >= 15 is 0 Å². The zero-order valence-electron chi connectivity index (χ0n) is 20.7. The fourth-order valence-corrected chi connectivity index (χ4v) is 5.03. The van der Waals surface area contributed by atoms with Gasteiger partial charge in [-0.3, -0.25) is 9.78 Å². The molecule has 8 nitrogen and oxygen atoms in total. The predicted molar refractivity (Wildman–Crippen MR) is 139 cm³/mol. The number of ether oxygens (including phenoxy) is 2. The lowest BCUT2D eigenvalue weighted by Crippen LogP contribution is -2.39. The minimum Gasteiger partial charge on any atom is -0.495 e. The van der Waals surface area contributed by atoms with Crippen LogP contribution >= 0.6 is 11.6 Å². The molecule has 0 radical (unpaired) electrons. The molecule has 0 atom stereocenters. The predicted octanol–water partition coefficient (Wildman–Crippen LogP) is 5.08. The van der Waals surface area contributed by atoms with E-state index in [1.54, 1.807) is 25.4 Å². The van der Waals surface area contributed by atoms with Crippen LogP contribution in [0, 0.1) is 0 Å².